The highest BCUT2D eigenvalue weighted by atomic mass is 16.2. The van der Waals surface area contributed by atoms with Crippen molar-refractivity contribution in [1.82, 2.24) is 15.1 Å². The Morgan fingerprint density at radius 2 is 2.00 bits per heavy atom. The van der Waals surface area contributed by atoms with Crippen LogP contribution >= 0.6 is 0 Å². The Hall–Kier alpha value is -0.870. The molecule has 4 heteroatoms. The number of piperazine rings is 1. The van der Waals surface area contributed by atoms with Crippen LogP contribution in [-0.4, -0.2) is 60.5 Å². The number of hydrogen-bond acceptors (Lipinski definition) is 3. The zero-order valence-corrected chi connectivity index (χ0v) is 11.3. The zero-order valence-electron chi connectivity index (χ0n) is 11.3. The quantitative estimate of drug-likeness (QED) is 0.734. The first kappa shape index (κ1) is 14.2. The zero-order chi connectivity index (χ0) is 12.9. The van der Waals surface area contributed by atoms with Crippen LogP contribution < -0.4 is 5.32 Å². The summed E-state index contributed by atoms with van der Waals surface area (Å²) in [7, 11) is 0. The minimum atomic E-state index is -0.140. The fourth-order valence-electron chi connectivity index (χ4n) is 2.02. The molecule has 1 rings (SSSR count). The van der Waals surface area contributed by atoms with Crippen molar-refractivity contribution in [1.29, 1.82) is 0 Å². The second kappa shape index (κ2) is 6.17. The molecule has 1 aliphatic rings. The maximum atomic E-state index is 12.3. The van der Waals surface area contributed by atoms with E-state index in [-0.39, 0.29) is 11.4 Å². The van der Waals surface area contributed by atoms with E-state index in [1.54, 1.807) is 6.08 Å². The van der Waals surface area contributed by atoms with Crippen molar-refractivity contribution in [2.75, 3.05) is 39.3 Å². The normalized spacial score (nSPS) is 17.8. The molecule has 0 saturated carbocycles. The molecule has 0 unspecified atom stereocenters. The second-order valence-corrected chi connectivity index (χ2v) is 5.49. The largest absolute Gasteiger partial charge is 0.333 e. The Morgan fingerprint density at radius 3 is 2.47 bits per heavy atom. The molecule has 1 fully saturated rings. The average Bonchev–Trinajstić information content (AvgIpc) is 2.25. The van der Waals surface area contributed by atoms with Crippen LogP contribution in [0.3, 0.4) is 0 Å². The molecule has 0 atom stereocenters. The monoisotopic (exact) mass is 239 g/mol. The van der Waals surface area contributed by atoms with Gasteiger partial charge in [-0.05, 0) is 20.8 Å². The highest BCUT2D eigenvalue weighted by Gasteiger charge is 2.26. The number of hydrogen-bond donors (Lipinski definition) is 1. The van der Waals surface area contributed by atoms with Gasteiger partial charge in [-0.15, -0.1) is 6.58 Å². The molecule has 1 N–H and O–H groups in total. The third-order valence-electron chi connectivity index (χ3n) is 2.99. The van der Waals surface area contributed by atoms with E-state index in [1.165, 1.54) is 0 Å². The minimum absolute atomic E-state index is 0.140. The van der Waals surface area contributed by atoms with Crippen molar-refractivity contribution in [3.05, 3.63) is 12.7 Å². The lowest BCUT2D eigenvalue weighted by molar-refractivity contribution is -0.136. The Labute approximate surface area is 105 Å². The van der Waals surface area contributed by atoms with E-state index in [1.807, 2.05) is 4.90 Å². The fourth-order valence-corrected chi connectivity index (χ4v) is 2.02. The topological polar surface area (TPSA) is 35.6 Å². The maximum Gasteiger partial charge on any atom is 0.237 e. The van der Waals surface area contributed by atoms with Crippen molar-refractivity contribution in [3.63, 3.8) is 0 Å². The molecule has 4 nitrogen and oxygen atoms in total. The summed E-state index contributed by atoms with van der Waals surface area (Å²) in [6.45, 7) is 14.9. The molecule has 0 aromatic carbocycles. The second-order valence-electron chi connectivity index (χ2n) is 5.49. The molecule has 98 valence electrons. The van der Waals surface area contributed by atoms with E-state index in [2.05, 4.69) is 37.6 Å². The molecule has 1 saturated heterocycles. The van der Waals surface area contributed by atoms with Crippen molar-refractivity contribution in [2.24, 2.45) is 0 Å². The van der Waals surface area contributed by atoms with Crippen LogP contribution in [0.4, 0.5) is 0 Å². The molecule has 0 aromatic rings. The van der Waals surface area contributed by atoms with E-state index in [0.29, 0.717) is 13.1 Å². The molecule has 0 aliphatic carbocycles. The van der Waals surface area contributed by atoms with Crippen LogP contribution in [0.1, 0.15) is 20.8 Å². The predicted octanol–water partition coefficient (Wildman–Crippen LogP) is 0.705. The van der Waals surface area contributed by atoms with Gasteiger partial charge in [-0.3, -0.25) is 9.69 Å². The van der Waals surface area contributed by atoms with Gasteiger partial charge in [-0.2, -0.15) is 0 Å². The number of carbonyl (C=O) groups excluding carboxylic acids is 1. The van der Waals surface area contributed by atoms with Crippen LogP contribution in [0.25, 0.3) is 0 Å². The molecule has 1 aliphatic heterocycles. The smallest absolute Gasteiger partial charge is 0.237 e. The van der Waals surface area contributed by atoms with Gasteiger partial charge >= 0.3 is 0 Å². The molecule has 0 spiro atoms. The maximum absolute atomic E-state index is 12.3. The Bertz CT molecular complexity index is 264. The number of nitrogens with one attached hydrogen (secondary N) is 1. The summed E-state index contributed by atoms with van der Waals surface area (Å²) in [4.78, 5) is 16.4. The lowest BCUT2D eigenvalue weighted by Crippen LogP contribution is -2.52. The number of rotatable bonds is 4. The highest BCUT2D eigenvalue weighted by Crippen LogP contribution is 2.13. The molecule has 17 heavy (non-hydrogen) atoms. The number of amides is 1. The molecule has 0 radical (unpaired) electrons. The van der Waals surface area contributed by atoms with Crippen LogP contribution in [-0.2, 0) is 4.79 Å². The summed E-state index contributed by atoms with van der Waals surface area (Å²) in [5, 5.41) is 3.29. The Kier molecular flexibility index (Phi) is 5.15. The van der Waals surface area contributed by atoms with Gasteiger partial charge in [-0.25, -0.2) is 0 Å². The third-order valence-corrected chi connectivity index (χ3v) is 2.99. The molecule has 0 bridgehead atoms. The van der Waals surface area contributed by atoms with Crippen molar-refractivity contribution in [3.8, 4) is 0 Å². The SMILES string of the molecule is C=CCN(C(=O)CN1CCNCC1)C(C)(C)C. The molecular formula is C13H25N3O. The number of carbonyl (C=O) groups is 1. The summed E-state index contributed by atoms with van der Waals surface area (Å²) in [5.74, 6) is 0.194. The molecular weight excluding hydrogens is 214 g/mol. The summed E-state index contributed by atoms with van der Waals surface area (Å²) >= 11 is 0. The summed E-state index contributed by atoms with van der Waals surface area (Å²) in [5.41, 5.74) is -0.140. The highest BCUT2D eigenvalue weighted by molar-refractivity contribution is 5.79. The van der Waals surface area contributed by atoms with Gasteiger partial charge in [0, 0.05) is 38.3 Å². The lowest BCUT2D eigenvalue weighted by atomic mass is 10.1. The first-order valence-corrected chi connectivity index (χ1v) is 6.29. The van der Waals surface area contributed by atoms with Gasteiger partial charge in [0.05, 0.1) is 6.54 Å². The van der Waals surface area contributed by atoms with Crippen LogP contribution in [0.15, 0.2) is 12.7 Å². The van der Waals surface area contributed by atoms with E-state index in [4.69, 9.17) is 0 Å². The van der Waals surface area contributed by atoms with Gasteiger partial charge in [0.1, 0.15) is 0 Å². The Balaban J connectivity index is 2.55. The first-order valence-electron chi connectivity index (χ1n) is 6.29. The summed E-state index contributed by atoms with van der Waals surface area (Å²) in [6, 6.07) is 0. The van der Waals surface area contributed by atoms with Crippen LogP contribution in [0.5, 0.6) is 0 Å². The van der Waals surface area contributed by atoms with E-state index >= 15 is 0 Å². The van der Waals surface area contributed by atoms with Gasteiger partial charge in [0.15, 0.2) is 0 Å². The molecule has 1 amide bonds. The molecule has 1 heterocycles. The lowest BCUT2D eigenvalue weighted by Gasteiger charge is -2.37. The van der Waals surface area contributed by atoms with Crippen molar-refractivity contribution < 1.29 is 4.79 Å². The van der Waals surface area contributed by atoms with E-state index < -0.39 is 0 Å². The van der Waals surface area contributed by atoms with E-state index in [9.17, 15) is 4.79 Å². The Morgan fingerprint density at radius 1 is 1.41 bits per heavy atom. The van der Waals surface area contributed by atoms with E-state index in [0.717, 1.165) is 26.2 Å². The van der Waals surface area contributed by atoms with Crippen molar-refractivity contribution >= 4 is 5.91 Å². The van der Waals surface area contributed by atoms with Crippen LogP contribution in [0.2, 0.25) is 0 Å². The van der Waals surface area contributed by atoms with Gasteiger partial charge in [-0.1, -0.05) is 6.08 Å². The standard InChI is InChI=1S/C13H25N3O/c1-5-8-16(13(2,3)4)12(17)11-15-9-6-14-7-10-15/h5,14H,1,6-11H2,2-4H3. The summed E-state index contributed by atoms with van der Waals surface area (Å²) < 4.78 is 0. The third kappa shape index (κ3) is 4.48. The fraction of sp³-hybridized carbons (Fsp3) is 0.769. The minimum Gasteiger partial charge on any atom is -0.333 e. The molecule has 0 aromatic heterocycles. The van der Waals surface area contributed by atoms with Gasteiger partial charge in [0.25, 0.3) is 0 Å². The van der Waals surface area contributed by atoms with Gasteiger partial charge in [0.2, 0.25) is 5.91 Å². The van der Waals surface area contributed by atoms with Crippen LogP contribution in [0, 0.1) is 0 Å². The number of nitrogens with zero attached hydrogens (tertiary/aromatic N) is 2. The predicted molar refractivity (Wildman–Crippen MR) is 71.0 cm³/mol. The first-order chi connectivity index (χ1) is 7.95. The average molecular weight is 239 g/mol. The van der Waals surface area contributed by atoms with Gasteiger partial charge < -0.3 is 10.2 Å². The summed E-state index contributed by atoms with van der Waals surface area (Å²) in [6.07, 6.45) is 1.79. The van der Waals surface area contributed by atoms with Crippen molar-refractivity contribution in [2.45, 2.75) is 26.3 Å².